The molecule has 0 amide bonds. The first-order valence-corrected chi connectivity index (χ1v) is 9.75. The van der Waals surface area contributed by atoms with Crippen molar-refractivity contribution < 1.29 is 0 Å². The second kappa shape index (κ2) is 6.34. The lowest BCUT2D eigenvalue weighted by atomic mass is 10.0. The molecule has 1 aliphatic rings. The van der Waals surface area contributed by atoms with Gasteiger partial charge in [-0.05, 0) is 30.9 Å². The van der Waals surface area contributed by atoms with Crippen LogP contribution < -0.4 is 5.56 Å². The van der Waals surface area contributed by atoms with Crippen molar-refractivity contribution in [1.29, 1.82) is 0 Å². The van der Waals surface area contributed by atoms with E-state index in [1.807, 2.05) is 39.5 Å². The van der Waals surface area contributed by atoms with Crippen molar-refractivity contribution in [2.75, 3.05) is 0 Å². The molecule has 0 radical (unpaired) electrons. The maximum absolute atomic E-state index is 13.1. The van der Waals surface area contributed by atoms with Gasteiger partial charge in [0.15, 0.2) is 5.65 Å². The maximum Gasteiger partial charge on any atom is 0.261 e. The first-order valence-electron chi connectivity index (χ1n) is 9.75. The van der Waals surface area contributed by atoms with Gasteiger partial charge in [0.1, 0.15) is 0 Å². The average Bonchev–Trinajstić information content (AvgIpc) is 3.36. The molecule has 4 aromatic rings. The summed E-state index contributed by atoms with van der Waals surface area (Å²) in [7, 11) is 0. The highest BCUT2D eigenvalue weighted by Crippen LogP contribution is 2.31. The number of hydrogen-bond donors (Lipinski definition) is 0. The summed E-state index contributed by atoms with van der Waals surface area (Å²) in [4.78, 5) is 17.7. The minimum Gasteiger partial charge on any atom is -0.312 e. The SMILES string of the molecule is CCc1nn2c(ncc3c(=O)n(C4CCCC4)ccc32)c1-c1ccccc1. The predicted octanol–water partition coefficient (Wildman–Crippen LogP) is 4.39. The van der Waals surface area contributed by atoms with Crippen LogP contribution in [0.25, 0.3) is 27.7 Å². The summed E-state index contributed by atoms with van der Waals surface area (Å²) in [6.45, 7) is 2.10. The molecule has 0 atom stereocenters. The molecule has 0 aliphatic heterocycles. The predicted molar refractivity (Wildman–Crippen MR) is 107 cm³/mol. The van der Waals surface area contributed by atoms with E-state index in [0.717, 1.165) is 47.2 Å². The van der Waals surface area contributed by atoms with Gasteiger partial charge >= 0.3 is 0 Å². The molecule has 0 spiro atoms. The number of nitrogens with zero attached hydrogens (tertiary/aromatic N) is 4. The van der Waals surface area contributed by atoms with Gasteiger partial charge in [-0.25, -0.2) is 9.50 Å². The topological polar surface area (TPSA) is 52.2 Å². The first kappa shape index (κ1) is 16.2. The summed E-state index contributed by atoms with van der Waals surface area (Å²) >= 11 is 0. The standard InChI is InChI=1S/C22H22N4O/c1-2-18-20(15-8-4-3-5-9-15)21-23-14-17-19(26(21)24-18)12-13-25(22(17)27)16-10-6-7-11-16/h3-5,8-9,12-14,16H,2,6-7,10-11H2,1H3. The van der Waals surface area contributed by atoms with Gasteiger partial charge in [0.25, 0.3) is 5.56 Å². The smallest absolute Gasteiger partial charge is 0.261 e. The number of aryl methyl sites for hydroxylation is 1. The van der Waals surface area contributed by atoms with Crippen LogP contribution in [0.5, 0.6) is 0 Å². The molecule has 0 N–H and O–H groups in total. The molecule has 27 heavy (non-hydrogen) atoms. The first-order chi connectivity index (χ1) is 13.3. The van der Waals surface area contributed by atoms with Crippen LogP contribution >= 0.6 is 0 Å². The normalized spacial score (nSPS) is 15.1. The lowest BCUT2D eigenvalue weighted by Gasteiger charge is -2.14. The van der Waals surface area contributed by atoms with E-state index in [-0.39, 0.29) is 5.56 Å². The Hall–Kier alpha value is -2.95. The number of benzene rings is 1. The van der Waals surface area contributed by atoms with Gasteiger partial charge < -0.3 is 4.57 Å². The Kier molecular flexibility index (Phi) is 3.81. The molecular formula is C22H22N4O. The van der Waals surface area contributed by atoms with E-state index in [9.17, 15) is 4.79 Å². The second-order valence-electron chi connectivity index (χ2n) is 7.30. The van der Waals surface area contributed by atoms with Crippen molar-refractivity contribution in [3.05, 3.63) is 64.8 Å². The van der Waals surface area contributed by atoms with Crippen molar-refractivity contribution in [3.63, 3.8) is 0 Å². The number of pyridine rings is 1. The van der Waals surface area contributed by atoms with Crippen LogP contribution in [-0.2, 0) is 6.42 Å². The summed E-state index contributed by atoms with van der Waals surface area (Å²) in [6.07, 6.45) is 9.05. The molecule has 0 bridgehead atoms. The fourth-order valence-electron chi connectivity index (χ4n) is 4.35. The molecule has 5 heteroatoms. The van der Waals surface area contributed by atoms with Crippen LogP contribution in [0.4, 0.5) is 0 Å². The summed E-state index contributed by atoms with van der Waals surface area (Å²) in [5.41, 5.74) is 4.85. The van der Waals surface area contributed by atoms with Crippen LogP contribution in [0.2, 0.25) is 0 Å². The van der Waals surface area contributed by atoms with E-state index in [4.69, 9.17) is 5.10 Å². The van der Waals surface area contributed by atoms with Crippen molar-refractivity contribution in [2.45, 2.75) is 45.1 Å². The molecule has 1 aromatic carbocycles. The van der Waals surface area contributed by atoms with Gasteiger partial charge in [0.05, 0.1) is 16.6 Å². The van der Waals surface area contributed by atoms with Gasteiger partial charge in [-0.3, -0.25) is 4.79 Å². The summed E-state index contributed by atoms with van der Waals surface area (Å²) in [6, 6.07) is 12.6. The van der Waals surface area contributed by atoms with Crippen molar-refractivity contribution in [2.24, 2.45) is 0 Å². The molecule has 5 nitrogen and oxygen atoms in total. The molecule has 1 aliphatic carbocycles. The van der Waals surface area contributed by atoms with Crippen LogP contribution in [-0.4, -0.2) is 19.2 Å². The Balaban J connectivity index is 1.78. The zero-order valence-corrected chi connectivity index (χ0v) is 15.4. The van der Waals surface area contributed by atoms with E-state index < -0.39 is 0 Å². The van der Waals surface area contributed by atoms with E-state index in [1.165, 1.54) is 12.8 Å². The van der Waals surface area contributed by atoms with Gasteiger partial charge in [0, 0.05) is 24.0 Å². The molecule has 3 heterocycles. The Labute approximate surface area is 157 Å². The van der Waals surface area contributed by atoms with E-state index in [2.05, 4.69) is 24.0 Å². The molecule has 136 valence electrons. The lowest BCUT2D eigenvalue weighted by molar-refractivity contribution is 0.505. The molecule has 0 unspecified atom stereocenters. The van der Waals surface area contributed by atoms with Crippen molar-refractivity contribution >= 4 is 16.6 Å². The van der Waals surface area contributed by atoms with Gasteiger partial charge in [0.2, 0.25) is 0 Å². The number of aromatic nitrogens is 4. The highest BCUT2D eigenvalue weighted by atomic mass is 16.1. The van der Waals surface area contributed by atoms with E-state index in [1.54, 1.807) is 6.20 Å². The van der Waals surface area contributed by atoms with Crippen LogP contribution in [0.3, 0.4) is 0 Å². The van der Waals surface area contributed by atoms with Crippen LogP contribution in [0.15, 0.2) is 53.6 Å². The highest BCUT2D eigenvalue weighted by Gasteiger charge is 2.21. The lowest BCUT2D eigenvalue weighted by Crippen LogP contribution is -2.23. The third kappa shape index (κ3) is 2.49. The monoisotopic (exact) mass is 358 g/mol. The van der Waals surface area contributed by atoms with E-state index >= 15 is 0 Å². The van der Waals surface area contributed by atoms with E-state index in [0.29, 0.717) is 11.4 Å². The number of hydrogen-bond acceptors (Lipinski definition) is 3. The Morgan fingerprint density at radius 2 is 1.89 bits per heavy atom. The molecule has 1 fully saturated rings. The van der Waals surface area contributed by atoms with Gasteiger partial charge in [-0.15, -0.1) is 0 Å². The summed E-state index contributed by atoms with van der Waals surface area (Å²) in [5.74, 6) is 0. The number of rotatable bonds is 3. The molecule has 0 saturated heterocycles. The van der Waals surface area contributed by atoms with Gasteiger partial charge in [-0.1, -0.05) is 50.1 Å². The largest absolute Gasteiger partial charge is 0.312 e. The molecule has 3 aromatic heterocycles. The maximum atomic E-state index is 13.1. The molecule has 5 rings (SSSR count). The minimum absolute atomic E-state index is 0.0450. The Morgan fingerprint density at radius 3 is 2.63 bits per heavy atom. The second-order valence-corrected chi connectivity index (χ2v) is 7.30. The summed E-state index contributed by atoms with van der Waals surface area (Å²) < 4.78 is 3.74. The molecule has 1 saturated carbocycles. The quantitative estimate of drug-likeness (QED) is 0.546. The average molecular weight is 358 g/mol. The number of fused-ring (bicyclic) bond motifs is 3. The molecular weight excluding hydrogens is 336 g/mol. The zero-order valence-electron chi connectivity index (χ0n) is 15.4. The van der Waals surface area contributed by atoms with Crippen LogP contribution in [0, 0.1) is 0 Å². The minimum atomic E-state index is 0.0450. The Morgan fingerprint density at radius 1 is 1.11 bits per heavy atom. The van der Waals surface area contributed by atoms with Crippen LogP contribution in [0.1, 0.15) is 44.3 Å². The summed E-state index contributed by atoms with van der Waals surface area (Å²) in [5, 5.41) is 5.45. The third-order valence-corrected chi connectivity index (χ3v) is 5.73. The fraction of sp³-hybridized carbons (Fsp3) is 0.318. The fourth-order valence-corrected chi connectivity index (χ4v) is 4.35. The zero-order chi connectivity index (χ0) is 18.4. The highest BCUT2D eigenvalue weighted by molar-refractivity contribution is 5.86. The van der Waals surface area contributed by atoms with Crippen molar-refractivity contribution in [1.82, 2.24) is 19.2 Å². The van der Waals surface area contributed by atoms with Crippen molar-refractivity contribution in [3.8, 4) is 11.1 Å². The Bertz CT molecular complexity index is 1180. The van der Waals surface area contributed by atoms with Gasteiger partial charge in [-0.2, -0.15) is 5.10 Å². The third-order valence-electron chi connectivity index (χ3n) is 5.73.